The lowest BCUT2D eigenvalue weighted by molar-refractivity contribution is 0.0699. The van der Waals surface area contributed by atoms with Gasteiger partial charge in [0.15, 0.2) is 0 Å². The molecule has 1 aromatic heterocycles. The maximum Gasteiger partial charge on any atom is 0.256 e. The largest absolute Gasteiger partial charge is 0.338 e. The molecule has 1 fully saturated rings. The number of halogens is 2. The summed E-state index contributed by atoms with van der Waals surface area (Å²) in [7, 11) is 1.98. The molecular formula is C20H19F2N3O. The maximum atomic E-state index is 14.0. The van der Waals surface area contributed by atoms with Crippen molar-refractivity contribution in [3.05, 3.63) is 65.5 Å². The Kier molecular flexibility index (Phi) is 4.18. The van der Waals surface area contributed by atoms with Gasteiger partial charge in [-0.15, -0.1) is 0 Å². The Labute approximate surface area is 150 Å². The van der Waals surface area contributed by atoms with Gasteiger partial charge in [0.1, 0.15) is 17.5 Å². The topological polar surface area (TPSA) is 38.1 Å². The van der Waals surface area contributed by atoms with E-state index in [1.807, 2.05) is 31.3 Å². The SMILES string of the molecule is Cn1c(C2CCCN(C(=O)c3ccc(F)cc3F)C2)nc2ccccc21. The summed E-state index contributed by atoms with van der Waals surface area (Å²) in [6.45, 7) is 1.04. The van der Waals surface area contributed by atoms with Gasteiger partial charge in [-0.3, -0.25) is 4.79 Å². The second-order valence-corrected chi connectivity index (χ2v) is 6.73. The number of rotatable bonds is 2. The van der Waals surface area contributed by atoms with Crippen molar-refractivity contribution in [2.45, 2.75) is 18.8 Å². The molecule has 4 nitrogen and oxygen atoms in total. The summed E-state index contributed by atoms with van der Waals surface area (Å²) >= 11 is 0. The van der Waals surface area contributed by atoms with E-state index in [1.54, 1.807) is 4.90 Å². The van der Waals surface area contributed by atoms with Gasteiger partial charge in [-0.05, 0) is 37.1 Å². The van der Waals surface area contributed by atoms with Crippen LogP contribution in [0.5, 0.6) is 0 Å². The Morgan fingerprint density at radius 3 is 2.77 bits per heavy atom. The van der Waals surface area contributed by atoms with E-state index in [1.165, 1.54) is 6.07 Å². The van der Waals surface area contributed by atoms with E-state index in [2.05, 4.69) is 4.57 Å². The monoisotopic (exact) mass is 355 g/mol. The van der Waals surface area contributed by atoms with E-state index >= 15 is 0 Å². The summed E-state index contributed by atoms with van der Waals surface area (Å²) < 4.78 is 29.1. The first-order valence-corrected chi connectivity index (χ1v) is 8.70. The molecule has 1 saturated heterocycles. The summed E-state index contributed by atoms with van der Waals surface area (Å²) in [5, 5.41) is 0. The first-order chi connectivity index (χ1) is 12.5. The molecule has 2 aromatic carbocycles. The van der Waals surface area contributed by atoms with Crippen LogP contribution in [-0.2, 0) is 7.05 Å². The number of carbonyl (C=O) groups excluding carboxylic acids is 1. The second kappa shape index (κ2) is 6.52. The average Bonchev–Trinajstić information content (AvgIpc) is 2.98. The highest BCUT2D eigenvalue weighted by molar-refractivity contribution is 5.94. The van der Waals surface area contributed by atoms with Crippen LogP contribution in [0.1, 0.15) is 34.9 Å². The predicted octanol–water partition coefficient (Wildman–Crippen LogP) is 3.87. The molecule has 1 aliphatic rings. The molecule has 1 atom stereocenters. The summed E-state index contributed by atoms with van der Waals surface area (Å²) in [6.07, 6.45) is 1.75. The van der Waals surface area contributed by atoms with Crippen molar-refractivity contribution >= 4 is 16.9 Å². The number of carbonyl (C=O) groups is 1. The molecule has 0 aliphatic carbocycles. The lowest BCUT2D eigenvalue weighted by Crippen LogP contribution is -2.40. The molecular weight excluding hydrogens is 336 g/mol. The van der Waals surface area contributed by atoms with Crippen molar-refractivity contribution in [2.75, 3.05) is 13.1 Å². The highest BCUT2D eigenvalue weighted by Crippen LogP contribution is 2.29. The number of likely N-dealkylation sites (tertiary alicyclic amines) is 1. The highest BCUT2D eigenvalue weighted by atomic mass is 19.1. The Morgan fingerprint density at radius 1 is 1.19 bits per heavy atom. The smallest absolute Gasteiger partial charge is 0.256 e. The minimum absolute atomic E-state index is 0.0861. The van der Waals surface area contributed by atoms with E-state index in [0.717, 1.165) is 41.8 Å². The van der Waals surface area contributed by atoms with E-state index < -0.39 is 17.5 Å². The number of aryl methyl sites for hydroxylation is 1. The fourth-order valence-electron chi connectivity index (χ4n) is 3.73. The standard InChI is InChI=1S/C20H19F2N3O/c1-24-18-7-3-2-6-17(18)23-19(24)13-5-4-10-25(12-13)20(26)15-9-8-14(21)11-16(15)22/h2-3,6-9,11,13H,4-5,10,12H2,1H3. The fourth-order valence-corrected chi connectivity index (χ4v) is 3.73. The summed E-state index contributed by atoms with van der Waals surface area (Å²) in [4.78, 5) is 19.1. The molecule has 0 spiro atoms. The summed E-state index contributed by atoms with van der Waals surface area (Å²) in [6, 6.07) is 11.0. The van der Waals surface area contributed by atoms with Gasteiger partial charge in [0.05, 0.1) is 16.6 Å². The average molecular weight is 355 g/mol. The number of hydrogen-bond acceptors (Lipinski definition) is 2. The first kappa shape index (κ1) is 16.7. The van der Waals surface area contributed by atoms with Gasteiger partial charge in [-0.25, -0.2) is 13.8 Å². The zero-order valence-electron chi connectivity index (χ0n) is 14.5. The second-order valence-electron chi connectivity index (χ2n) is 6.73. The molecule has 6 heteroatoms. The van der Waals surface area contributed by atoms with Gasteiger partial charge in [0.25, 0.3) is 5.91 Å². The lowest BCUT2D eigenvalue weighted by Gasteiger charge is -2.32. The number of aromatic nitrogens is 2. The Hall–Kier alpha value is -2.76. The molecule has 0 saturated carbocycles. The van der Waals surface area contributed by atoms with Gasteiger partial charge in [-0.1, -0.05) is 12.1 Å². The van der Waals surface area contributed by atoms with E-state index in [-0.39, 0.29) is 11.5 Å². The van der Waals surface area contributed by atoms with Gasteiger partial charge in [-0.2, -0.15) is 0 Å². The third kappa shape index (κ3) is 2.85. The molecule has 26 heavy (non-hydrogen) atoms. The molecule has 1 unspecified atom stereocenters. The number of nitrogens with zero attached hydrogens (tertiary/aromatic N) is 3. The minimum Gasteiger partial charge on any atom is -0.338 e. The minimum atomic E-state index is -0.820. The molecule has 1 aliphatic heterocycles. The van der Waals surface area contributed by atoms with Crippen LogP contribution in [0.2, 0.25) is 0 Å². The van der Waals surface area contributed by atoms with Crippen LogP contribution in [0.4, 0.5) is 8.78 Å². The van der Waals surface area contributed by atoms with E-state index in [0.29, 0.717) is 13.1 Å². The normalized spacial score (nSPS) is 17.7. The van der Waals surface area contributed by atoms with Crippen molar-refractivity contribution in [1.82, 2.24) is 14.5 Å². The van der Waals surface area contributed by atoms with Crippen molar-refractivity contribution in [1.29, 1.82) is 0 Å². The van der Waals surface area contributed by atoms with E-state index in [9.17, 15) is 13.6 Å². The summed E-state index contributed by atoms with van der Waals surface area (Å²) in [5.41, 5.74) is 1.89. The van der Waals surface area contributed by atoms with Crippen molar-refractivity contribution in [2.24, 2.45) is 7.05 Å². The van der Waals surface area contributed by atoms with Gasteiger partial charge in [0, 0.05) is 32.1 Å². The summed E-state index contributed by atoms with van der Waals surface area (Å²) in [5.74, 6) is -0.877. The van der Waals surface area contributed by atoms with Gasteiger partial charge in [0.2, 0.25) is 0 Å². The lowest BCUT2D eigenvalue weighted by atomic mass is 9.96. The highest BCUT2D eigenvalue weighted by Gasteiger charge is 2.29. The van der Waals surface area contributed by atoms with Crippen LogP contribution in [0.25, 0.3) is 11.0 Å². The number of amides is 1. The van der Waals surface area contributed by atoms with Crippen LogP contribution >= 0.6 is 0 Å². The van der Waals surface area contributed by atoms with Crippen LogP contribution in [0.3, 0.4) is 0 Å². The van der Waals surface area contributed by atoms with Crippen molar-refractivity contribution < 1.29 is 13.6 Å². The van der Waals surface area contributed by atoms with Crippen LogP contribution < -0.4 is 0 Å². The zero-order valence-corrected chi connectivity index (χ0v) is 14.5. The molecule has 134 valence electrons. The molecule has 0 radical (unpaired) electrons. The van der Waals surface area contributed by atoms with Crippen molar-refractivity contribution in [3.8, 4) is 0 Å². The quantitative estimate of drug-likeness (QED) is 0.700. The number of fused-ring (bicyclic) bond motifs is 1. The number of hydrogen-bond donors (Lipinski definition) is 0. The van der Waals surface area contributed by atoms with Gasteiger partial charge < -0.3 is 9.47 Å². The molecule has 3 aromatic rings. The van der Waals surface area contributed by atoms with E-state index in [4.69, 9.17) is 4.98 Å². The Bertz CT molecular complexity index is 982. The zero-order chi connectivity index (χ0) is 18.3. The molecule has 0 N–H and O–H groups in total. The number of piperidine rings is 1. The molecule has 1 amide bonds. The van der Waals surface area contributed by atoms with Gasteiger partial charge >= 0.3 is 0 Å². The Balaban J connectivity index is 1.61. The fraction of sp³-hybridized carbons (Fsp3) is 0.300. The van der Waals surface area contributed by atoms with Crippen LogP contribution in [0, 0.1) is 11.6 Å². The molecule has 2 heterocycles. The molecule has 4 rings (SSSR count). The predicted molar refractivity (Wildman–Crippen MR) is 95.0 cm³/mol. The van der Waals surface area contributed by atoms with Crippen molar-refractivity contribution in [3.63, 3.8) is 0 Å². The molecule has 0 bridgehead atoms. The number of benzene rings is 2. The maximum absolute atomic E-state index is 14.0. The van der Waals surface area contributed by atoms with Crippen LogP contribution in [-0.4, -0.2) is 33.4 Å². The third-order valence-corrected chi connectivity index (χ3v) is 5.06. The first-order valence-electron chi connectivity index (χ1n) is 8.70. The number of para-hydroxylation sites is 2. The van der Waals surface area contributed by atoms with Crippen LogP contribution in [0.15, 0.2) is 42.5 Å². The third-order valence-electron chi connectivity index (χ3n) is 5.06. The Morgan fingerprint density at radius 2 is 2.00 bits per heavy atom. The number of imidazole rings is 1.